The van der Waals surface area contributed by atoms with E-state index in [4.69, 9.17) is 0 Å². The number of rotatable bonds is 1. The van der Waals surface area contributed by atoms with Gasteiger partial charge in [0, 0.05) is 5.92 Å². The minimum atomic E-state index is -0.291. The van der Waals surface area contributed by atoms with Gasteiger partial charge in [-0.3, -0.25) is 0 Å². The Kier molecular flexibility index (Phi) is 1.58. The highest BCUT2D eigenvalue weighted by molar-refractivity contribution is 5.20. The van der Waals surface area contributed by atoms with E-state index in [0.29, 0.717) is 5.92 Å². The molecule has 4 rings (SSSR count). The largest absolute Gasteiger partial charge is 0.389 e. The van der Waals surface area contributed by atoms with Crippen molar-refractivity contribution >= 4 is 0 Å². The van der Waals surface area contributed by atoms with Crippen molar-refractivity contribution in [3.8, 4) is 0 Å². The Morgan fingerprint density at radius 2 is 1.87 bits per heavy atom. The highest BCUT2D eigenvalue weighted by Crippen LogP contribution is 2.61. The van der Waals surface area contributed by atoms with Crippen LogP contribution in [0, 0.1) is 29.6 Å². The fourth-order valence-electron chi connectivity index (χ4n) is 4.98. The maximum atomic E-state index is 10.5. The first kappa shape index (κ1) is 8.81. The van der Waals surface area contributed by atoms with E-state index in [1.807, 2.05) is 0 Å². The second kappa shape index (κ2) is 2.68. The van der Waals surface area contributed by atoms with Crippen molar-refractivity contribution in [1.82, 2.24) is 0 Å². The molecule has 0 aromatic heterocycles. The molecule has 0 saturated heterocycles. The van der Waals surface area contributed by atoms with Gasteiger partial charge < -0.3 is 5.11 Å². The summed E-state index contributed by atoms with van der Waals surface area (Å²) in [5.41, 5.74) is -0.291. The van der Waals surface area contributed by atoms with Gasteiger partial charge in [-0.15, -0.1) is 0 Å². The van der Waals surface area contributed by atoms with Crippen molar-refractivity contribution < 1.29 is 5.11 Å². The number of allylic oxidation sites excluding steroid dienone is 1. The van der Waals surface area contributed by atoms with Gasteiger partial charge in [0.15, 0.2) is 0 Å². The highest BCUT2D eigenvalue weighted by Gasteiger charge is 2.57. The third-order valence-electron chi connectivity index (χ3n) is 5.84. The van der Waals surface area contributed by atoms with Crippen molar-refractivity contribution in [3.63, 3.8) is 0 Å². The van der Waals surface area contributed by atoms with E-state index >= 15 is 0 Å². The molecular formula is C14H20O. The van der Waals surface area contributed by atoms with Crippen LogP contribution in [-0.2, 0) is 0 Å². The second-order valence-electron chi connectivity index (χ2n) is 6.36. The zero-order valence-electron chi connectivity index (χ0n) is 9.23. The molecule has 4 aliphatic rings. The molecule has 0 aromatic carbocycles. The van der Waals surface area contributed by atoms with Crippen LogP contribution in [0.3, 0.4) is 0 Å². The van der Waals surface area contributed by atoms with E-state index in [1.54, 1.807) is 0 Å². The number of hydrogen-bond acceptors (Lipinski definition) is 1. The van der Waals surface area contributed by atoms with Crippen LogP contribution in [0.15, 0.2) is 12.2 Å². The van der Waals surface area contributed by atoms with E-state index in [0.717, 1.165) is 36.5 Å². The fraction of sp³-hybridized carbons (Fsp3) is 0.857. The molecule has 0 aliphatic heterocycles. The Labute approximate surface area is 91.6 Å². The summed E-state index contributed by atoms with van der Waals surface area (Å²) in [5.74, 6) is 4.12. The lowest BCUT2D eigenvalue weighted by Gasteiger charge is -2.45. The van der Waals surface area contributed by atoms with E-state index < -0.39 is 0 Å². The third kappa shape index (κ3) is 0.982. The van der Waals surface area contributed by atoms with Gasteiger partial charge in [-0.1, -0.05) is 12.2 Å². The molecule has 0 amide bonds. The molecule has 1 nitrogen and oxygen atoms in total. The molecule has 4 aliphatic carbocycles. The van der Waals surface area contributed by atoms with Crippen LogP contribution < -0.4 is 0 Å². The predicted molar refractivity (Wildman–Crippen MR) is 59.2 cm³/mol. The van der Waals surface area contributed by atoms with Crippen LogP contribution in [0.1, 0.15) is 38.5 Å². The Morgan fingerprint density at radius 1 is 1.07 bits per heavy atom. The molecule has 3 fully saturated rings. The van der Waals surface area contributed by atoms with Crippen molar-refractivity contribution in [3.05, 3.63) is 12.2 Å². The van der Waals surface area contributed by atoms with Gasteiger partial charge in [0.25, 0.3) is 0 Å². The van der Waals surface area contributed by atoms with Crippen LogP contribution in [0.25, 0.3) is 0 Å². The Balaban J connectivity index is 1.65. The minimum absolute atomic E-state index is 0.291. The fourth-order valence-corrected chi connectivity index (χ4v) is 4.98. The summed E-state index contributed by atoms with van der Waals surface area (Å²) in [6.07, 6.45) is 12.6. The Hall–Kier alpha value is -0.300. The summed E-state index contributed by atoms with van der Waals surface area (Å²) in [4.78, 5) is 0. The number of aliphatic hydroxyl groups is 1. The van der Waals surface area contributed by atoms with Crippen LogP contribution in [0.5, 0.6) is 0 Å². The van der Waals surface area contributed by atoms with E-state index in [9.17, 15) is 5.11 Å². The lowest BCUT2D eigenvalue weighted by Crippen LogP contribution is -2.47. The van der Waals surface area contributed by atoms with Crippen molar-refractivity contribution in [2.24, 2.45) is 29.6 Å². The summed E-state index contributed by atoms with van der Waals surface area (Å²) in [7, 11) is 0. The van der Waals surface area contributed by atoms with Gasteiger partial charge in [-0.05, 0) is 62.2 Å². The van der Waals surface area contributed by atoms with Gasteiger partial charge in [-0.25, -0.2) is 0 Å². The molecule has 1 N–H and O–H groups in total. The molecular weight excluding hydrogens is 184 g/mol. The van der Waals surface area contributed by atoms with Crippen molar-refractivity contribution in [2.75, 3.05) is 0 Å². The summed E-state index contributed by atoms with van der Waals surface area (Å²) in [6.45, 7) is 0. The van der Waals surface area contributed by atoms with E-state index in [2.05, 4.69) is 12.2 Å². The molecule has 2 bridgehead atoms. The zero-order chi connectivity index (χ0) is 10.0. The molecule has 82 valence electrons. The topological polar surface area (TPSA) is 20.2 Å². The van der Waals surface area contributed by atoms with Crippen molar-refractivity contribution in [1.29, 1.82) is 0 Å². The quantitative estimate of drug-likeness (QED) is 0.651. The molecule has 3 saturated carbocycles. The summed E-state index contributed by atoms with van der Waals surface area (Å²) in [6, 6.07) is 0. The van der Waals surface area contributed by atoms with Crippen LogP contribution in [0.2, 0.25) is 0 Å². The summed E-state index contributed by atoms with van der Waals surface area (Å²) < 4.78 is 0. The van der Waals surface area contributed by atoms with Gasteiger partial charge in [-0.2, -0.15) is 0 Å². The first-order valence-electron chi connectivity index (χ1n) is 6.69. The van der Waals surface area contributed by atoms with Crippen LogP contribution in [0.4, 0.5) is 0 Å². The standard InChI is InChI=1S/C14H20O/c15-14(6-1-7-14)12-5-4-11-9-2-3-10(8-9)13(11)12/h4-5,9-13,15H,1-3,6-8H2/t9-,10+,11?,12+,13?/m0/s1. The number of hydrogen-bond donors (Lipinski definition) is 1. The molecule has 1 heteroatoms. The predicted octanol–water partition coefficient (Wildman–Crippen LogP) is 2.75. The summed E-state index contributed by atoms with van der Waals surface area (Å²) >= 11 is 0. The van der Waals surface area contributed by atoms with Crippen LogP contribution in [-0.4, -0.2) is 10.7 Å². The Morgan fingerprint density at radius 3 is 2.60 bits per heavy atom. The van der Waals surface area contributed by atoms with Gasteiger partial charge in [0.05, 0.1) is 5.60 Å². The van der Waals surface area contributed by atoms with E-state index in [-0.39, 0.29) is 5.60 Å². The molecule has 0 aromatic rings. The first-order chi connectivity index (χ1) is 7.28. The molecule has 15 heavy (non-hydrogen) atoms. The van der Waals surface area contributed by atoms with Gasteiger partial charge >= 0.3 is 0 Å². The normalized spacial score (nSPS) is 54.3. The first-order valence-corrected chi connectivity index (χ1v) is 6.69. The average Bonchev–Trinajstić information content (AvgIpc) is 2.85. The van der Waals surface area contributed by atoms with Gasteiger partial charge in [0.2, 0.25) is 0 Å². The molecule has 0 spiro atoms. The molecule has 0 radical (unpaired) electrons. The zero-order valence-corrected chi connectivity index (χ0v) is 9.23. The van der Waals surface area contributed by atoms with Crippen LogP contribution >= 0.6 is 0 Å². The van der Waals surface area contributed by atoms with E-state index in [1.165, 1.54) is 25.7 Å². The SMILES string of the molecule is OC1([C@@H]2C=CC3C2[C@@H]2CC[C@H]3C2)CCC1. The average molecular weight is 204 g/mol. The molecule has 2 unspecified atom stereocenters. The van der Waals surface area contributed by atoms with Gasteiger partial charge in [0.1, 0.15) is 0 Å². The maximum absolute atomic E-state index is 10.5. The molecule has 5 atom stereocenters. The summed E-state index contributed by atoms with van der Waals surface area (Å²) in [5, 5.41) is 10.5. The smallest absolute Gasteiger partial charge is 0.0713 e. The number of fused-ring (bicyclic) bond motifs is 5. The lowest BCUT2D eigenvalue weighted by atomic mass is 9.64. The minimum Gasteiger partial charge on any atom is -0.389 e. The maximum Gasteiger partial charge on any atom is 0.0713 e. The van der Waals surface area contributed by atoms with Crippen molar-refractivity contribution in [2.45, 2.75) is 44.1 Å². The molecule has 0 heterocycles. The second-order valence-corrected chi connectivity index (χ2v) is 6.36. The monoisotopic (exact) mass is 204 g/mol. The Bertz CT molecular complexity index is 315. The third-order valence-corrected chi connectivity index (χ3v) is 5.84. The highest BCUT2D eigenvalue weighted by atomic mass is 16.3. The lowest BCUT2D eigenvalue weighted by molar-refractivity contribution is -0.0917.